The zero-order valence-corrected chi connectivity index (χ0v) is 3.36. The topological polar surface area (TPSA) is 12.2 Å². The van der Waals surface area contributed by atoms with Crippen LogP contribution in [-0.2, 0) is 4.74 Å². The molecule has 0 heterocycles. The Morgan fingerprint density at radius 3 is 2.83 bits per heavy atom. The van der Waals surface area contributed by atoms with Crippen LogP contribution in [0, 0.1) is 0 Å². The minimum absolute atomic E-state index is 0.0417. The van der Waals surface area contributed by atoms with Gasteiger partial charge in [0.15, 0.2) is 1.37 Å². The molecule has 0 rings (SSSR count). The van der Waals surface area contributed by atoms with Crippen LogP contribution in [0.2, 0.25) is 0 Å². The first-order chi connectivity index (χ1) is 5.60. The van der Waals surface area contributed by atoms with E-state index in [-0.39, 0.29) is 4.58 Å². The Hall–Kier alpha value is -0.530. The molecule has 0 aromatic heterocycles. The Bertz CT molecular complexity index is 198. The highest BCUT2D eigenvalue weighted by molar-refractivity contribution is 5.38. The number of ether oxygens (including phenoxy) is 1. The van der Waals surface area contributed by atoms with Crippen molar-refractivity contribution in [3.63, 3.8) is 0 Å². The smallest absolute Gasteiger partial charge is 0.322 e. The minimum atomic E-state index is -2.90. The van der Waals surface area contributed by atoms with Crippen LogP contribution >= 0.6 is 0 Å². The molecule has 0 saturated carbocycles. The van der Waals surface area contributed by atoms with E-state index in [1.165, 1.54) is 0 Å². The lowest BCUT2D eigenvalue weighted by atomic mass is 11.1. The van der Waals surface area contributed by atoms with Crippen LogP contribution in [0.4, 0.5) is 0 Å². The normalized spacial score (nSPS) is 28.5. The van der Waals surface area contributed by atoms with Crippen molar-refractivity contribution in [2.75, 3.05) is 21.1 Å². The lowest BCUT2D eigenvalue weighted by molar-refractivity contribution is -0.467. The molecular weight excluding hydrogens is 78.0 g/mol. The zero-order chi connectivity index (χ0) is 10.9. The lowest BCUT2D eigenvalue weighted by Gasteiger charge is -1.80. The summed E-state index contributed by atoms with van der Waals surface area (Å²) in [6.45, 7) is -5.81. The monoisotopic (exact) mass is 95.1 g/mol. The Balaban J connectivity index is 5.25. The van der Waals surface area contributed by atoms with Gasteiger partial charge in [-0.15, -0.1) is 0 Å². The maximum Gasteiger partial charge on any atom is 0.322 e. The van der Waals surface area contributed by atoms with Gasteiger partial charge in [0.2, 0.25) is 0 Å². The molecule has 0 unspecified atom stereocenters. The van der Waals surface area contributed by atoms with Crippen molar-refractivity contribution < 1.29 is 18.9 Å². The molecule has 0 spiro atoms. The van der Waals surface area contributed by atoms with Gasteiger partial charge in [0.05, 0.1) is 7.11 Å². The molecule has 0 radical (unpaired) electrons. The van der Waals surface area contributed by atoms with Gasteiger partial charge in [-0.2, -0.15) is 0 Å². The van der Waals surface area contributed by atoms with Crippen molar-refractivity contribution in [2.24, 2.45) is 0 Å². The van der Waals surface area contributed by atoms with Gasteiger partial charge in [0, 0.05) is 0 Å². The zero-order valence-electron chi connectivity index (χ0n) is 10.4. The summed E-state index contributed by atoms with van der Waals surface area (Å²) in [6, 6.07) is 0. The van der Waals surface area contributed by atoms with Gasteiger partial charge >= 0.3 is 6.38 Å². The molecule has 0 aromatic rings. The van der Waals surface area contributed by atoms with Gasteiger partial charge < -0.3 is 4.74 Å². The number of hydrogen-bond acceptors (Lipinski definition) is 1. The van der Waals surface area contributed by atoms with Crippen LogP contribution in [0.25, 0.3) is 0 Å². The van der Waals surface area contributed by atoms with Crippen molar-refractivity contribution in [1.82, 2.24) is 0 Å². The Morgan fingerprint density at radius 1 is 2.00 bits per heavy atom. The highest BCUT2D eigenvalue weighted by atomic mass is 16.5. The van der Waals surface area contributed by atoms with E-state index in [1.54, 1.807) is 0 Å². The maximum atomic E-state index is 6.99. The van der Waals surface area contributed by atoms with Gasteiger partial charge in [0.1, 0.15) is 22.2 Å². The van der Waals surface area contributed by atoms with Crippen LogP contribution in [0.3, 0.4) is 0 Å². The van der Waals surface area contributed by atoms with Crippen molar-refractivity contribution in [3.05, 3.63) is 0 Å². The van der Waals surface area contributed by atoms with Gasteiger partial charge in [-0.25, -0.2) is 4.58 Å². The van der Waals surface area contributed by atoms with E-state index in [0.29, 0.717) is 0 Å². The average molecular weight is 95.2 g/mol. The summed E-state index contributed by atoms with van der Waals surface area (Å²) in [4.78, 5) is 0. The van der Waals surface area contributed by atoms with E-state index in [9.17, 15) is 0 Å². The van der Waals surface area contributed by atoms with Crippen LogP contribution in [0.15, 0.2) is 0 Å². The molecule has 0 aliphatic carbocycles. The maximum absolute atomic E-state index is 6.99. The molecule has 0 saturated heterocycles. The third kappa shape index (κ3) is 3.47. The second-order valence-corrected chi connectivity index (χ2v) is 0.631. The molecule has 0 aliphatic rings. The number of rotatable bonds is 0. The second kappa shape index (κ2) is 2.69. The van der Waals surface area contributed by atoms with Gasteiger partial charge in [-0.1, -0.05) is 0 Å². The molecule has 0 fully saturated rings. The number of methoxy groups -OCH3 is 1. The molecule has 0 aromatic carbocycles. The van der Waals surface area contributed by atoms with Crippen LogP contribution in [-0.4, -0.2) is 32.0 Å². The molecule has 0 amide bonds. The molecule has 0 atom stereocenters. The summed E-state index contributed by atoms with van der Waals surface area (Å²) in [5, 5.41) is 0. The minimum Gasteiger partial charge on any atom is -0.454 e. The molecule has 2 heteroatoms. The highest BCUT2D eigenvalue weighted by Gasteiger charge is 1.72. The standard InChI is InChI=1S/C4H10NO/c1-5(2)4-6-3/h4H,1-3H3/q+1/i1D3,2D3,4D. The predicted octanol–water partition coefficient (Wildman–Crippen LogP) is -0.0668. The SMILES string of the molecule is [2H]C(OC)=[N+](C([2H])([2H])[2H])C([2H])([2H])[2H]. The van der Waals surface area contributed by atoms with E-state index >= 15 is 0 Å². The Kier molecular flexibility index (Phi) is 0.373. The lowest BCUT2D eigenvalue weighted by Crippen LogP contribution is -1.98. The Labute approximate surface area is 47.9 Å². The number of hydrogen-bond donors (Lipinski definition) is 0. The molecule has 0 aliphatic heterocycles. The van der Waals surface area contributed by atoms with Crippen molar-refractivity contribution in [3.8, 4) is 0 Å². The molecule has 6 heavy (non-hydrogen) atoms. The van der Waals surface area contributed by atoms with Crippen molar-refractivity contribution in [2.45, 2.75) is 0 Å². The summed E-state index contributed by atoms with van der Waals surface area (Å²) in [5.74, 6) is 0. The van der Waals surface area contributed by atoms with E-state index in [2.05, 4.69) is 4.74 Å². The predicted molar refractivity (Wildman–Crippen MR) is 25.2 cm³/mol. The van der Waals surface area contributed by atoms with E-state index in [4.69, 9.17) is 9.60 Å². The van der Waals surface area contributed by atoms with Crippen LogP contribution in [0.1, 0.15) is 9.60 Å². The van der Waals surface area contributed by atoms with E-state index < -0.39 is 20.3 Å². The van der Waals surface area contributed by atoms with E-state index in [0.717, 1.165) is 7.11 Å². The van der Waals surface area contributed by atoms with Crippen molar-refractivity contribution >= 4 is 6.38 Å². The summed E-state index contributed by atoms with van der Waals surface area (Å²) in [6.07, 6.45) is -0.903. The highest BCUT2D eigenvalue weighted by Crippen LogP contribution is 1.50. The summed E-state index contributed by atoms with van der Waals surface area (Å²) >= 11 is 0. The quantitative estimate of drug-likeness (QED) is 0.233. The summed E-state index contributed by atoms with van der Waals surface area (Å²) < 4.78 is 52.3. The third-order valence-electron chi connectivity index (χ3n) is 0.183. The van der Waals surface area contributed by atoms with Gasteiger partial charge in [0.25, 0.3) is 0 Å². The molecule has 0 bridgehead atoms. The molecular formula is C4H10NO+. The fourth-order valence-corrected chi connectivity index (χ4v) is 0.0913. The number of nitrogens with zero attached hydrogens (tertiary/aromatic N) is 1. The first kappa shape index (κ1) is 0.831. The largest absolute Gasteiger partial charge is 0.454 e. The third-order valence-corrected chi connectivity index (χ3v) is 0.183. The molecule has 0 N–H and O–H groups in total. The Morgan fingerprint density at radius 2 is 2.67 bits per heavy atom. The van der Waals surface area contributed by atoms with Gasteiger partial charge in [-0.05, 0) is 0 Å². The van der Waals surface area contributed by atoms with E-state index in [1.807, 2.05) is 0 Å². The second-order valence-electron chi connectivity index (χ2n) is 0.631. The summed E-state index contributed by atoms with van der Waals surface area (Å²) in [7, 11) is 1.03. The first-order valence-corrected chi connectivity index (χ1v) is 1.28. The summed E-state index contributed by atoms with van der Waals surface area (Å²) in [5.41, 5.74) is 0. The fourth-order valence-electron chi connectivity index (χ4n) is 0.0913. The molecule has 36 valence electrons. The molecule has 2 nitrogen and oxygen atoms in total. The van der Waals surface area contributed by atoms with Crippen LogP contribution < -0.4 is 0 Å². The van der Waals surface area contributed by atoms with Crippen LogP contribution in [0.5, 0.6) is 0 Å². The van der Waals surface area contributed by atoms with Crippen molar-refractivity contribution in [1.29, 1.82) is 0 Å². The fraction of sp³-hybridized carbons (Fsp3) is 0.750. The van der Waals surface area contributed by atoms with Gasteiger partial charge in [-0.3, -0.25) is 0 Å². The first-order valence-electron chi connectivity index (χ1n) is 4.78. The average Bonchev–Trinajstić information content (AvgIpc) is 1.80.